The Morgan fingerprint density at radius 1 is 1.00 bits per heavy atom. The molecule has 3 heterocycles. The van der Waals surface area contributed by atoms with E-state index in [1.165, 1.54) is 0 Å². The first kappa shape index (κ1) is 19.7. The molecule has 0 atom stereocenters. The van der Waals surface area contributed by atoms with Crippen LogP contribution < -0.4 is 15.0 Å². The van der Waals surface area contributed by atoms with Crippen molar-refractivity contribution < 1.29 is 9.53 Å². The van der Waals surface area contributed by atoms with E-state index in [1.807, 2.05) is 61.3 Å². The van der Waals surface area contributed by atoms with E-state index in [0.29, 0.717) is 32.0 Å². The number of aryl methyl sites for hydroxylation is 2. The first-order chi connectivity index (χ1) is 14.5. The van der Waals surface area contributed by atoms with Gasteiger partial charge in [0.05, 0.1) is 12.8 Å². The molecular weight excluding hydrogens is 382 g/mol. The van der Waals surface area contributed by atoms with Crippen molar-refractivity contribution in [2.75, 3.05) is 43.5 Å². The zero-order chi connectivity index (χ0) is 21.1. The van der Waals surface area contributed by atoms with Gasteiger partial charge in [-0.05, 0) is 55.8 Å². The number of amides is 2. The van der Waals surface area contributed by atoms with E-state index in [4.69, 9.17) is 4.74 Å². The van der Waals surface area contributed by atoms with Gasteiger partial charge >= 0.3 is 6.03 Å². The number of piperazine rings is 1. The Morgan fingerprint density at radius 2 is 1.73 bits per heavy atom. The standard InChI is InChI=1S/C21H25N7O2/c1-15-14-17(30-3)4-5-18(15)22-21(29)27-12-10-26(11-13-27)19-6-7-20(24-23-19)28-9-8-16(2)25-28/h4-9,14H,10-13H2,1-3H3,(H,22,29). The van der Waals surface area contributed by atoms with Crippen molar-refractivity contribution >= 4 is 17.5 Å². The van der Waals surface area contributed by atoms with Crippen molar-refractivity contribution in [2.24, 2.45) is 0 Å². The van der Waals surface area contributed by atoms with Crippen molar-refractivity contribution in [1.82, 2.24) is 24.9 Å². The van der Waals surface area contributed by atoms with Gasteiger partial charge in [0.2, 0.25) is 0 Å². The number of ether oxygens (including phenoxy) is 1. The second-order valence-electron chi connectivity index (χ2n) is 7.24. The number of urea groups is 1. The van der Waals surface area contributed by atoms with Gasteiger partial charge < -0.3 is 19.9 Å². The SMILES string of the molecule is COc1ccc(NC(=O)N2CCN(c3ccc(-n4ccc(C)n4)nn3)CC2)c(C)c1. The first-order valence-electron chi connectivity index (χ1n) is 9.85. The maximum absolute atomic E-state index is 12.6. The molecule has 2 aromatic heterocycles. The Labute approximate surface area is 175 Å². The van der Waals surface area contributed by atoms with E-state index in [9.17, 15) is 4.79 Å². The van der Waals surface area contributed by atoms with Gasteiger partial charge in [-0.2, -0.15) is 5.10 Å². The van der Waals surface area contributed by atoms with E-state index in [0.717, 1.165) is 28.5 Å². The van der Waals surface area contributed by atoms with Crippen LogP contribution in [0.25, 0.3) is 5.82 Å². The van der Waals surface area contributed by atoms with Crippen LogP contribution in [0.2, 0.25) is 0 Å². The fourth-order valence-electron chi connectivity index (χ4n) is 3.39. The third-order valence-electron chi connectivity index (χ3n) is 5.16. The average molecular weight is 407 g/mol. The minimum Gasteiger partial charge on any atom is -0.497 e. The summed E-state index contributed by atoms with van der Waals surface area (Å²) in [4.78, 5) is 16.6. The molecule has 1 saturated heterocycles. The fraction of sp³-hybridized carbons (Fsp3) is 0.333. The quantitative estimate of drug-likeness (QED) is 0.715. The molecule has 1 N–H and O–H groups in total. The summed E-state index contributed by atoms with van der Waals surface area (Å²) in [7, 11) is 1.63. The Balaban J connectivity index is 1.34. The lowest BCUT2D eigenvalue weighted by atomic mass is 10.2. The molecule has 9 nitrogen and oxygen atoms in total. The molecule has 156 valence electrons. The fourth-order valence-corrected chi connectivity index (χ4v) is 3.39. The summed E-state index contributed by atoms with van der Waals surface area (Å²) in [5.74, 6) is 2.25. The molecule has 30 heavy (non-hydrogen) atoms. The zero-order valence-electron chi connectivity index (χ0n) is 17.4. The topological polar surface area (TPSA) is 88.4 Å². The Bertz CT molecular complexity index is 1020. The molecule has 0 spiro atoms. The number of nitrogens with zero attached hydrogens (tertiary/aromatic N) is 6. The molecule has 1 fully saturated rings. The number of hydrogen-bond donors (Lipinski definition) is 1. The zero-order valence-corrected chi connectivity index (χ0v) is 17.4. The van der Waals surface area contributed by atoms with Crippen LogP contribution in [0.4, 0.5) is 16.3 Å². The predicted octanol–water partition coefficient (Wildman–Crippen LogP) is 2.64. The molecule has 9 heteroatoms. The van der Waals surface area contributed by atoms with Crippen molar-refractivity contribution in [3.8, 4) is 11.6 Å². The molecule has 4 rings (SSSR count). The number of rotatable bonds is 4. The number of hydrogen-bond acceptors (Lipinski definition) is 6. The number of carbonyl (C=O) groups excluding carboxylic acids is 1. The van der Waals surface area contributed by atoms with E-state index in [1.54, 1.807) is 11.8 Å². The third-order valence-corrected chi connectivity index (χ3v) is 5.16. The minimum absolute atomic E-state index is 0.0987. The van der Waals surface area contributed by atoms with Gasteiger partial charge in [-0.3, -0.25) is 0 Å². The van der Waals surface area contributed by atoms with Crippen molar-refractivity contribution in [3.05, 3.63) is 53.9 Å². The molecule has 3 aromatic rings. The maximum atomic E-state index is 12.6. The van der Waals surface area contributed by atoms with Gasteiger partial charge in [-0.1, -0.05) is 0 Å². The van der Waals surface area contributed by atoms with Crippen LogP contribution in [0, 0.1) is 13.8 Å². The highest BCUT2D eigenvalue weighted by atomic mass is 16.5. The molecule has 0 aliphatic carbocycles. The smallest absolute Gasteiger partial charge is 0.321 e. The highest BCUT2D eigenvalue weighted by Gasteiger charge is 2.22. The normalized spacial score (nSPS) is 14.0. The van der Waals surface area contributed by atoms with E-state index >= 15 is 0 Å². The van der Waals surface area contributed by atoms with Gasteiger partial charge in [0, 0.05) is 38.1 Å². The minimum atomic E-state index is -0.0987. The predicted molar refractivity (Wildman–Crippen MR) is 114 cm³/mol. The lowest BCUT2D eigenvalue weighted by molar-refractivity contribution is 0.208. The molecule has 1 aliphatic heterocycles. The Morgan fingerprint density at radius 3 is 2.33 bits per heavy atom. The number of nitrogens with one attached hydrogen (secondary N) is 1. The van der Waals surface area contributed by atoms with Gasteiger partial charge in [-0.25, -0.2) is 9.48 Å². The van der Waals surface area contributed by atoms with Gasteiger partial charge in [0.15, 0.2) is 11.6 Å². The van der Waals surface area contributed by atoms with Gasteiger partial charge in [0.25, 0.3) is 0 Å². The summed E-state index contributed by atoms with van der Waals surface area (Å²) in [6.07, 6.45) is 1.86. The summed E-state index contributed by atoms with van der Waals surface area (Å²) in [5, 5.41) is 15.9. The van der Waals surface area contributed by atoms with Crippen LogP contribution in [0.3, 0.4) is 0 Å². The number of benzene rings is 1. The van der Waals surface area contributed by atoms with Crippen LogP contribution in [-0.2, 0) is 0 Å². The molecule has 0 bridgehead atoms. The van der Waals surface area contributed by atoms with Crippen LogP contribution in [0.15, 0.2) is 42.6 Å². The molecule has 2 amide bonds. The molecular formula is C21H25N7O2. The van der Waals surface area contributed by atoms with Gasteiger partial charge in [-0.15, -0.1) is 10.2 Å². The maximum Gasteiger partial charge on any atom is 0.321 e. The summed E-state index contributed by atoms with van der Waals surface area (Å²) < 4.78 is 6.92. The van der Waals surface area contributed by atoms with E-state index < -0.39 is 0 Å². The number of methoxy groups -OCH3 is 1. The van der Waals surface area contributed by atoms with Crippen LogP contribution >= 0.6 is 0 Å². The Kier molecular flexibility index (Phi) is 5.51. The highest BCUT2D eigenvalue weighted by Crippen LogP contribution is 2.22. The van der Waals surface area contributed by atoms with Gasteiger partial charge in [0.1, 0.15) is 5.75 Å². The average Bonchev–Trinajstić information content (AvgIpc) is 3.21. The molecule has 1 aromatic carbocycles. The summed E-state index contributed by atoms with van der Waals surface area (Å²) in [6.45, 7) is 6.51. The summed E-state index contributed by atoms with van der Waals surface area (Å²) in [6, 6.07) is 11.3. The molecule has 1 aliphatic rings. The second-order valence-corrected chi connectivity index (χ2v) is 7.24. The molecule has 0 radical (unpaired) electrons. The lowest BCUT2D eigenvalue weighted by Gasteiger charge is -2.35. The lowest BCUT2D eigenvalue weighted by Crippen LogP contribution is -2.50. The second kappa shape index (κ2) is 8.40. The van der Waals surface area contributed by atoms with Crippen molar-refractivity contribution in [2.45, 2.75) is 13.8 Å². The van der Waals surface area contributed by atoms with E-state index in [2.05, 4.69) is 25.5 Å². The van der Waals surface area contributed by atoms with Crippen molar-refractivity contribution in [1.29, 1.82) is 0 Å². The number of carbonyl (C=O) groups is 1. The first-order valence-corrected chi connectivity index (χ1v) is 9.85. The highest BCUT2D eigenvalue weighted by molar-refractivity contribution is 5.90. The third kappa shape index (κ3) is 4.19. The summed E-state index contributed by atoms with van der Waals surface area (Å²) >= 11 is 0. The number of aromatic nitrogens is 4. The van der Waals surface area contributed by atoms with Crippen LogP contribution in [-0.4, -0.2) is 64.2 Å². The molecule has 0 saturated carbocycles. The largest absolute Gasteiger partial charge is 0.497 e. The molecule has 0 unspecified atom stereocenters. The van der Waals surface area contributed by atoms with Crippen LogP contribution in [0.5, 0.6) is 5.75 Å². The van der Waals surface area contributed by atoms with E-state index in [-0.39, 0.29) is 6.03 Å². The Hall–Kier alpha value is -3.62. The number of anilines is 2. The summed E-state index contributed by atoms with van der Waals surface area (Å²) in [5.41, 5.74) is 2.68. The van der Waals surface area contributed by atoms with Crippen molar-refractivity contribution in [3.63, 3.8) is 0 Å². The monoisotopic (exact) mass is 407 g/mol. The van der Waals surface area contributed by atoms with Crippen LogP contribution in [0.1, 0.15) is 11.3 Å².